The Labute approximate surface area is 97.3 Å². The SMILES string of the molecule is C[C@H](O)C(=O)N1CCN(OC(=O)C(=O)O)CC1. The van der Waals surface area contributed by atoms with Crippen molar-refractivity contribution in [3.8, 4) is 0 Å². The molecule has 0 bridgehead atoms. The molecule has 1 saturated heterocycles. The van der Waals surface area contributed by atoms with Crippen LogP contribution in [0.2, 0.25) is 0 Å². The summed E-state index contributed by atoms with van der Waals surface area (Å²) in [5.74, 6) is -3.40. The van der Waals surface area contributed by atoms with Crippen molar-refractivity contribution in [2.45, 2.75) is 13.0 Å². The van der Waals surface area contributed by atoms with E-state index < -0.39 is 23.9 Å². The minimum Gasteiger partial charge on any atom is -0.473 e. The fourth-order valence-electron chi connectivity index (χ4n) is 1.42. The maximum Gasteiger partial charge on any atom is 0.436 e. The zero-order valence-corrected chi connectivity index (χ0v) is 9.33. The lowest BCUT2D eigenvalue weighted by atomic mass is 10.3. The average molecular weight is 246 g/mol. The van der Waals surface area contributed by atoms with Crippen LogP contribution in [0.25, 0.3) is 0 Å². The van der Waals surface area contributed by atoms with Gasteiger partial charge in [0.15, 0.2) is 0 Å². The molecule has 17 heavy (non-hydrogen) atoms. The average Bonchev–Trinajstić information content (AvgIpc) is 2.28. The van der Waals surface area contributed by atoms with Gasteiger partial charge in [-0.15, -0.1) is 5.06 Å². The molecule has 1 fully saturated rings. The maximum atomic E-state index is 11.4. The Kier molecular flexibility index (Phi) is 4.41. The van der Waals surface area contributed by atoms with Gasteiger partial charge in [-0.2, -0.15) is 0 Å². The van der Waals surface area contributed by atoms with E-state index in [-0.39, 0.29) is 26.2 Å². The monoisotopic (exact) mass is 246 g/mol. The number of piperazine rings is 1. The smallest absolute Gasteiger partial charge is 0.436 e. The number of carbonyl (C=O) groups is 3. The zero-order chi connectivity index (χ0) is 13.0. The summed E-state index contributed by atoms with van der Waals surface area (Å²) in [4.78, 5) is 38.3. The quantitative estimate of drug-likeness (QED) is 0.545. The molecule has 8 nitrogen and oxygen atoms in total. The number of aliphatic carboxylic acids is 1. The lowest BCUT2D eigenvalue weighted by Gasteiger charge is -2.33. The van der Waals surface area contributed by atoms with Gasteiger partial charge in [0.25, 0.3) is 5.91 Å². The molecule has 0 unspecified atom stereocenters. The van der Waals surface area contributed by atoms with Gasteiger partial charge in [-0.25, -0.2) is 9.59 Å². The Bertz CT molecular complexity index is 321. The van der Waals surface area contributed by atoms with Gasteiger partial charge in [-0.1, -0.05) is 0 Å². The highest BCUT2D eigenvalue weighted by Gasteiger charge is 2.26. The van der Waals surface area contributed by atoms with Gasteiger partial charge < -0.3 is 20.0 Å². The number of carboxylic acids is 1. The number of nitrogens with zero attached hydrogens (tertiary/aromatic N) is 2. The van der Waals surface area contributed by atoms with E-state index >= 15 is 0 Å². The molecule has 1 heterocycles. The second-order valence-corrected chi connectivity index (χ2v) is 3.61. The van der Waals surface area contributed by atoms with Crippen LogP contribution in [0.3, 0.4) is 0 Å². The molecule has 0 aliphatic carbocycles. The van der Waals surface area contributed by atoms with E-state index in [9.17, 15) is 14.4 Å². The number of carboxylic acid groups (broad SMARTS) is 1. The first kappa shape index (κ1) is 13.4. The van der Waals surface area contributed by atoms with Crippen LogP contribution in [0.15, 0.2) is 0 Å². The normalized spacial score (nSPS) is 18.6. The third kappa shape index (κ3) is 3.68. The third-order valence-corrected chi connectivity index (χ3v) is 2.29. The molecule has 96 valence electrons. The van der Waals surface area contributed by atoms with Crippen LogP contribution in [-0.2, 0) is 19.2 Å². The van der Waals surface area contributed by atoms with Crippen molar-refractivity contribution in [1.82, 2.24) is 9.96 Å². The molecular formula is C9H14N2O6. The van der Waals surface area contributed by atoms with Crippen molar-refractivity contribution < 1.29 is 29.4 Å². The fourth-order valence-corrected chi connectivity index (χ4v) is 1.42. The highest BCUT2D eigenvalue weighted by molar-refractivity contribution is 6.28. The van der Waals surface area contributed by atoms with Crippen molar-refractivity contribution in [3.63, 3.8) is 0 Å². The number of hydroxylamine groups is 2. The van der Waals surface area contributed by atoms with Crippen molar-refractivity contribution in [2.24, 2.45) is 0 Å². The van der Waals surface area contributed by atoms with Crippen LogP contribution in [0.4, 0.5) is 0 Å². The number of rotatable bonds is 2. The van der Waals surface area contributed by atoms with Crippen molar-refractivity contribution in [2.75, 3.05) is 26.2 Å². The summed E-state index contributed by atoms with van der Waals surface area (Å²) in [5, 5.41) is 18.6. The van der Waals surface area contributed by atoms with Crippen LogP contribution in [0, 0.1) is 0 Å². The fraction of sp³-hybridized carbons (Fsp3) is 0.667. The maximum absolute atomic E-state index is 11.4. The molecule has 1 atom stereocenters. The van der Waals surface area contributed by atoms with E-state index in [1.54, 1.807) is 0 Å². The highest BCUT2D eigenvalue weighted by atomic mass is 16.7. The first-order chi connectivity index (χ1) is 7.91. The molecule has 8 heteroatoms. The Morgan fingerprint density at radius 1 is 1.18 bits per heavy atom. The van der Waals surface area contributed by atoms with Gasteiger partial charge in [0.1, 0.15) is 6.10 Å². The van der Waals surface area contributed by atoms with Gasteiger partial charge in [0.2, 0.25) is 0 Å². The molecule has 0 saturated carbocycles. The number of aliphatic hydroxyl groups is 1. The minimum absolute atomic E-state index is 0.220. The van der Waals surface area contributed by atoms with E-state index in [1.807, 2.05) is 0 Å². The molecule has 1 aliphatic heterocycles. The molecule has 1 amide bonds. The molecule has 0 radical (unpaired) electrons. The van der Waals surface area contributed by atoms with E-state index in [4.69, 9.17) is 10.2 Å². The minimum atomic E-state index is -1.66. The number of carbonyl (C=O) groups excluding carboxylic acids is 2. The molecule has 0 aromatic rings. The van der Waals surface area contributed by atoms with Crippen LogP contribution in [0.5, 0.6) is 0 Å². The van der Waals surface area contributed by atoms with Gasteiger partial charge in [0.05, 0.1) is 13.1 Å². The zero-order valence-electron chi connectivity index (χ0n) is 9.33. The van der Waals surface area contributed by atoms with Gasteiger partial charge >= 0.3 is 11.9 Å². The van der Waals surface area contributed by atoms with E-state index in [2.05, 4.69) is 4.84 Å². The second kappa shape index (κ2) is 5.60. The first-order valence-corrected chi connectivity index (χ1v) is 5.09. The standard InChI is InChI=1S/C9H14N2O6/c1-6(12)7(13)10-2-4-11(5-3-10)17-9(16)8(14)15/h6,12H,2-5H2,1H3,(H,14,15)/t6-/m0/s1. The number of hydrogen-bond donors (Lipinski definition) is 2. The van der Waals surface area contributed by atoms with Crippen molar-refractivity contribution in [1.29, 1.82) is 0 Å². The van der Waals surface area contributed by atoms with Gasteiger partial charge in [-0.05, 0) is 6.92 Å². The van der Waals surface area contributed by atoms with Crippen LogP contribution in [-0.4, -0.2) is 70.3 Å². The Balaban J connectivity index is 2.38. The van der Waals surface area contributed by atoms with E-state index in [1.165, 1.54) is 16.9 Å². The first-order valence-electron chi connectivity index (χ1n) is 5.09. The lowest BCUT2D eigenvalue weighted by molar-refractivity contribution is -0.204. The van der Waals surface area contributed by atoms with Crippen molar-refractivity contribution >= 4 is 17.8 Å². The molecule has 0 spiro atoms. The number of amides is 1. The summed E-state index contributed by atoms with van der Waals surface area (Å²) in [6.45, 7) is 2.36. The molecule has 1 aliphatic rings. The van der Waals surface area contributed by atoms with Crippen LogP contribution in [0.1, 0.15) is 6.92 Å². The predicted octanol–water partition coefficient (Wildman–Crippen LogP) is -1.95. The largest absolute Gasteiger partial charge is 0.473 e. The Morgan fingerprint density at radius 2 is 1.71 bits per heavy atom. The van der Waals surface area contributed by atoms with Crippen molar-refractivity contribution in [3.05, 3.63) is 0 Å². The summed E-state index contributed by atoms with van der Waals surface area (Å²) in [7, 11) is 0. The van der Waals surface area contributed by atoms with E-state index in [0.717, 1.165) is 0 Å². The predicted molar refractivity (Wildman–Crippen MR) is 53.6 cm³/mol. The lowest BCUT2D eigenvalue weighted by Crippen LogP contribution is -2.51. The van der Waals surface area contributed by atoms with Gasteiger partial charge in [0, 0.05) is 13.1 Å². The molecular weight excluding hydrogens is 232 g/mol. The molecule has 1 rings (SSSR count). The summed E-state index contributed by atoms with van der Waals surface area (Å²) in [6.07, 6.45) is -1.07. The summed E-state index contributed by atoms with van der Waals surface area (Å²) in [6, 6.07) is 0. The van der Waals surface area contributed by atoms with Gasteiger partial charge in [-0.3, -0.25) is 4.79 Å². The summed E-state index contributed by atoms with van der Waals surface area (Å²) in [5.41, 5.74) is 0. The topological polar surface area (TPSA) is 107 Å². The molecule has 2 N–H and O–H groups in total. The third-order valence-electron chi connectivity index (χ3n) is 2.29. The molecule has 0 aromatic heterocycles. The van der Waals surface area contributed by atoms with E-state index in [0.29, 0.717) is 0 Å². The second-order valence-electron chi connectivity index (χ2n) is 3.61. The Hall–Kier alpha value is -1.67. The van der Waals surface area contributed by atoms with Crippen LogP contribution >= 0.6 is 0 Å². The molecule has 0 aromatic carbocycles. The Morgan fingerprint density at radius 3 is 2.12 bits per heavy atom. The summed E-state index contributed by atoms with van der Waals surface area (Å²) < 4.78 is 0. The van der Waals surface area contributed by atoms with Crippen LogP contribution < -0.4 is 0 Å². The highest BCUT2D eigenvalue weighted by Crippen LogP contribution is 2.04. The number of hydrogen-bond acceptors (Lipinski definition) is 6. The number of aliphatic hydroxyl groups excluding tert-OH is 1. The summed E-state index contributed by atoms with van der Waals surface area (Å²) >= 11 is 0.